The van der Waals surface area contributed by atoms with Gasteiger partial charge in [-0.1, -0.05) is 44.2 Å². The summed E-state index contributed by atoms with van der Waals surface area (Å²) in [6.07, 6.45) is 0.199. The zero-order valence-electron chi connectivity index (χ0n) is 13.4. The maximum absolute atomic E-state index is 9.93. The van der Waals surface area contributed by atoms with Crippen LogP contribution in [0.3, 0.4) is 0 Å². The molecule has 2 unspecified atom stereocenters. The van der Waals surface area contributed by atoms with Gasteiger partial charge in [0.1, 0.15) is 0 Å². The molecule has 0 aromatic heterocycles. The predicted molar refractivity (Wildman–Crippen MR) is 85.2 cm³/mol. The lowest BCUT2D eigenvalue weighted by Crippen LogP contribution is -2.37. The quantitative estimate of drug-likeness (QED) is 0.619. The van der Waals surface area contributed by atoms with Gasteiger partial charge < -0.3 is 20.3 Å². The van der Waals surface area contributed by atoms with Crippen LogP contribution in [0.15, 0.2) is 30.3 Å². The van der Waals surface area contributed by atoms with Crippen molar-refractivity contribution in [3.05, 3.63) is 35.9 Å². The SMILES string of the molecule is CC(OCC(O)CNCC(C)(C)CCO)c1ccccc1. The zero-order valence-corrected chi connectivity index (χ0v) is 13.4. The van der Waals surface area contributed by atoms with E-state index in [2.05, 4.69) is 19.2 Å². The molecule has 2 atom stereocenters. The predicted octanol–water partition coefficient (Wildman–Crippen LogP) is 2.12. The van der Waals surface area contributed by atoms with Gasteiger partial charge in [-0.2, -0.15) is 0 Å². The molecule has 0 aliphatic rings. The summed E-state index contributed by atoms with van der Waals surface area (Å²) in [5.74, 6) is 0. The fourth-order valence-electron chi connectivity index (χ4n) is 2.10. The first-order valence-electron chi connectivity index (χ1n) is 7.61. The van der Waals surface area contributed by atoms with Gasteiger partial charge in [-0.15, -0.1) is 0 Å². The average molecular weight is 295 g/mol. The Morgan fingerprint density at radius 3 is 2.52 bits per heavy atom. The number of aliphatic hydroxyl groups excluding tert-OH is 2. The lowest BCUT2D eigenvalue weighted by atomic mass is 9.90. The summed E-state index contributed by atoms with van der Waals surface area (Å²) in [6.45, 7) is 7.93. The first-order valence-corrected chi connectivity index (χ1v) is 7.61. The molecule has 0 amide bonds. The Labute approximate surface area is 128 Å². The molecule has 1 rings (SSSR count). The van der Waals surface area contributed by atoms with Gasteiger partial charge in [0, 0.05) is 19.7 Å². The lowest BCUT2D eigenvalue weighted by Gasteiger charge is -2.25. The van der Waals surface area contributed by atoms with E-state index in [1.54, 1.807) is 0 Å². The zero-order chi connectivity index (χ0) is 15.7. The number of hydrogen-bond acceptors (Lipinski definition) is 4. The molecule has 4 nitrogen and oxygen atoms in total. The monoisotopic (exact) mass is 295 g/mol. The highest BCUT2D eigenvalue weighted by Gasteiger charge is 2.17. The van der Waals surface area contributed by atoms with Gasteiger partial charge in [0.15, 0.2) is 0 Å². The Bertz CT molecular complexity index is 381. The van der Waals surface area contributed by atoms with E-state index in [0.717, 1.165) is 18.5 Å². The second-order valence-electron chi connectivity index (χ2n) is 6.31. The van der Waals surface area contributed by atoms with Crippen LogP contribution in [0.5, 0.6) is 0 Å². The van der Waals surface area contributed by atoms with Crippen molar-refractivity contribution in [2.45, 2.75) is 39.4 Å². The smallest absolute Gasteiger partial charge is 0.0897 e. The van der Waals surface area contributed by atoms with Crippen LogP contribution >= 0.6 is 0 Å². The summed E-state index contributed by atoms with van der Waals surface area (Å²) in [5.41, 5.74) is 1.15. The molecule has 1 aromatic rings. The van der Waals surface area contributed by atoms with Gasteiger partial charge in [0.2, 0.25) is 0 Å². The molecule has 0 aliphatic heterocycles. The lowest BCUT2D eigenvalue weighted by molar-refractivity contribution is -0.00279. The molecule has 1 aromatic carbocycles. The van der Waals surface area contributed by atoms with Gasteiger partial charge in [-0.25, -0.2) is 0 Å². The third-order valence-electron chi connectivity index (χ3n) is 3.58. The van der Waals surface area contributed by atoms with Crippen molar-refractivity contribution < 1.29 is 14.9 Å². The molecule has 0 spiro atoms. The molecular weight excluding hydrogens is 266 g/mol. The van der Waals surface area contributed by atoms with Crippen LogP contribution in [0.1, 0.15) is 38.9 Å². The van der Waals surface area contributed by atoms with Crippen LogP contribution in [0, 0.1) is 5.41 Å². The molecule has 0 saturated carbocycles. The van der Waals surface area contributed by atoms with Crippen molar-refractivity contribution in [3.63, 3.8) is 0 Å². The summed E-state index contributed by atoms with van der Waals surface area (Å²) < 4.78 is 5.69. The van der Waals surface area contributed by atoms with Crippen LogP contribution in [-0.4, -0.2) is 42.6 Å². The molecule has 21 heavy (non-hydrogen) atoms. The maximum Gasteiger partial charge on any atom is 0.0897 e. The summed E-state index contributed by atoms with van der Waals surface area (Å²) >= 11 is 0. The molecule has 4 heteroatoms. The number of hydrogen-bond donors (Lipinski definition) is 3. The van der Waals surface area contributed by atoms with E-state index in [1.807, 2.05) is 37.3 Å². The van der Waals surface area contributed by atoms with Crippen LogP contribution in [0.2, 0.25) is 0 Å². The molecule has 0 saturated heterocycles. The summed E-state index contributed by atoms with van der Waals surface area (Å²) in [6, 6.07) is 9.98. The molecule has 0 aliphatic carbocycles. The highest BCUT2D eigenvalue weighted by molar-refractivity contribution is 5.16. The molecule has 0 fully saturated rings. The highest BCUT2D eigenvalue weighted by atomic mass is 16.5. The maximum atomic E-state index is 9.93. The van der Waals surface area contributed by atoms with E-state index in [1.165, 1.54) is 0 Å². The topological polar surface area (TPSA) is 61.7 Å². The van der Waals surface area contributed by atoms with Gasteiger partial charge in [-0.05, 0) is 24.3 Å². The average Bonchev–Trinajstić information content (AvgIpc) is 2.45. The van der Waals surface area contributed by atoms with Gasteiger partial charge in [0.25, 0.3) is 0 Å². The Balaban J connectivity index is 2.21. The summed E-state index contributed by atoms with van der Waals surface area (Å²) in [7, 11) is 0. The minimum absolute atomic E-state index is 0.0216. The van der Waals surface area contributed by atoms with Crippen molar-refractivity contribution >= 4 is 0 Å². The van der Waals surface area contributed by atoms with Crippen molar-refractivity contribution in [1.29, 1.82) is 0 Å². The molecular formula is C17H29NO3. The van der Waals surface area contributed by atoms with Gasteiger partial charge >= 0.3 is 0 Å². The third-order valence-corrected chi connectivity index (χ3v) is 3.58. The van der Waals surface area contributed by atoms with Gasteiger partial charge in [-0.3, -0.25) is 0 Å². The Kier molecular flexibility index (Phi) is 7.89. The standard InChI is InChI=1S/C17H29NO3/c1-14(15-7-5-4-6-8-15)21-12-16(20)11-18-13-17(2,3)9-10-19/h4-8,14,16,18-20H,9-13H2,1-3H3. The van der Waals surface area contributed by atoms with Crippen molar-refractivity contribution in [1.82, 2.24) is 5.32 Å². The van der Waals surface area contributed by atoms with Crippen LogP contribution in [0.4, 0.5) is 0 Å². The van der Waals surface area contributed by atoms with Crippen LogP contribution in [-0.2, 0) is 4.74 Å². The largest absolute Gasteiger partial charge is 0.396 e. The second kappa shape index (κ2) is 9.15. The fraction of sp³-hybridized carbons (Fsp3) is 0.647. The minimum Gasteiger partial charge on any atom is -0.396 e. The molecule has 120 valence electrons. The first-order chi connectivity index (χ1) is 9.94. The minimum atomic E-state index is -0.527. The second-order valence-corrected chi connectivity index (χ2v) is 6.31. The summed E-state index contributed by atoms with van der Waals surface area (Å²) in [4.78, 5) is 0. The van der Waals surface area contributed by atoms with Crippen molar-refractivity contribution in [2.75, 3.05) is 26.3 Å². The normalized spacial score (nSPS) is 14.9. The Morgan fingerprint density at radius 1 is 1.24 bits per heavy atom. The molecule has 3 N–H and O–H groups in total. The van der Waals surface area contributed by atoms with E-state index >= 15 is 0 Å². The Morgan fingerprint density at radius 2 is 1.90 bits per heavy atom. The van der Waals surface area contributed by atoms with E-state index in [-0.39, 0.29) is 18.1 Å². The number of rotatable bonds is 10. The number of benzene rings is 1. The van der Waals surface area contributed by atoms with E-state index in [0.29, 0.717) is 13.2 Å². The first kappa shape index (κ1) is 18.1. The van der Waals surface area contributed by atoms with Crippen molar-refractivity contribution in [2.24, 2.45) is 5.41 Å². The van der Waals surface area contributed by atoms with Crippen LogP contribution in [0.25, 0.3) is 0 Å². The van der Waals surface area contributed by atoms with Crippen LogP contribution < -0.4 is 5.32 Å². The molecule has 0 heterocycles. The molecule has 0 radical (unpaired) electrons. The Hall–Kier alpha value is -0.940. The third kappa shape index (κ3) is 7.58. The number of aliphatic hydroxyl groups is 2. The summed E-state index contributed by atoms with van der Waals surface area (Å²) in [5, 5.41) is 22.1. The molecule has 0 bridgehead atoms. The van der Waals surface area contributed by atoms with Crippen molar-refractivity contribution in [3.8, 4) is 0 Å². The van der Waals surface area contributed by atoms with E-state index in [4.69, 9.17) is 9.84 Å². The number of ether oxygens (including phenoxy) is 1. The highest BCUT2D eigenvalue weighted by Crippen LogP contribution is 2.18. The van der Waals surface area contributed by atoms with Gasteiger partial charge in [0.05, 0.1) is 18.8 Å². The number of nitrogens with one attached hydrogen (secondary N) is 1. The van der Waals surface area contributed by atoms with E-state index in [9.17, 15) is 5.11 Å². The fourth-order valence-corrected chi connectivity index (χ4v) is 2.10. The van der Waals surface area contributed by atoms with E-state index < -0.39 is 6.10 Å².